The minimum absolute atomic E-state index is 0.0609. The molecule has 0 fully saturated rings. The number of carbonyl (C=O) groups is 1. The molecule has 1 heterocycles. The molecule has 0 bridgehead atoms. The number of hydrogen-bond acceptors (Lipinski definition) is 3. The number of aromatic nitrogens is 1. The Morgan fingerprint density at radius 1 is 1.41 bits per heavy atom. The van der Waals surface area contributed by atoms with E-state index in [9.17, 15) is 4.79 Å². The van der Waals surface area contributed by atoms with Gasteiger partial charge < -0.3 is 10.6 Å². The average molecular weight is 256 g/mol. The van der Waals surface area contributed by atoms with E-state index >= 15 is 0 Å². The molecule has 0 aliphatic heterocycles. The molecule has 5 heteroatoms. The van der Waals surface area contributed by atoms with Crippen LogP contribution in [0.1, 0.15) is 27.7 Å². The van der Waals surface area contributed by atoms with Crippen LogP contribution in [-0.4, -0.2) is 22.5 Å². The number of hydrogen-bond donors (Lipinski definition) is 2. The largest absolute Gasteiger partial charge is 0.359 e. The van der Waals surface area contributed by atoms with Crippen molar-refractivity contribution in [1.29, 1.82) is 0 Å². The highest BCUT2D eigenvalue weighted by atomic mass is 35.5. The molecule has 94 valence electrons. The molecular weight excluding hydrogens is 238 g/mol. The lowest BCUT2D eigenvalue weighted by atomic mass is 10.1. The molecule has 2 N–H and O–H groups in total. The molecule has 0 saturated carbocycles. The van der Waals surface area contributed by atoms with Crippen molar-refractivity contribution in [2.45, 2.75) is 39.3 Å². The van der Waals surface area contributed by atoms with Crippen molar-refractivity contribution < 1.29 is 4.79 Å². The van der Waals surface area contributed by atoms with Crippen molar-refractivity contribution in [2.75, 3.05) is 5.32 Å². The maximum atomic E-state index is 11.8. The predicted octanol–water partition coefficient (Wildman–Crippen LogP) is 2.45. The molecule has 0 saturated heterocycles. The highest BCUT2D eigenvalue weighted by Crippen LogP contribution is 2.10. The molecule has 1 unspecified atom stereocenters. The topological polar surface area (TPSA) is 54.0 Å². The van der Waals surface area contributed by atoms with Crippen LogP contribution >= 0.6 is 11.6 Å². The van der Waals surface area contributed by atoms with E-state index in [1.165, 1.54) is 6.20 Å². The number of anilines is 1. The van der Waals surface area contributed by atoms with E-state index in [2.05, 4.69) is 15.6 Å². The molecule has 0 radical (unpaired) electrons. The molecule has 0 spiro atoms. The smallest absolute Gasteiger partial charge is 0.242 e. The van der Waals surface area contributed by atoms with Crippen molar-refractivity contribution in [3.8, 4) is 0 Å². The summed E-state index contributed by atoms with van der Waals surface area (Å²) in [7, 11) is 0. The molecule has 0 aromatic carbocycles. The first-order valence-electron chi connectivity index (χ1n) is 5.48. The number of rotatable bonds is 3. The zero-order valence-corrected chi connectivity index (χ0v) is 11.3. The monoisotopic (exact) mass is 255 g/mol. The van der Waals surface area contributed by atoms with Gasteiger partial charge in [-0.25, -0.2) is 4.98 Å². The Hall–Kier alpha value is -1.29. The molecule has 17 heavy (non-hydrogen) atoms. The SMILES string of the molecule is CC(Nc1ccc(Cl)cn1)C(=O)NC(C)(C)C. The van der Waals surface area contributed by atoms with E-state index < -0.39 is 0 Å². The lowest BCUT2D eigenvalue weighted by molar-refractivity contribution is -0.122. The van der Waals surface area contributed by atoms with Gasteiger partial charge in [-0.3, -0.25) is 4.79 Å². The van der Waals surface area contributed by atoms with Crippen molar-refractivity contribution in [2.24, 2.45) is 0 Å². The lowest BCUT2D eigenvalue weighted by Gasteiger charge is -2.23. The molecule has 1 aromatic heterocycles. The second kappa shape index (κ2) is 5.36. The van der Waals surface area contributed by atoms with Crippen LogP contribution in [0.15, 0.2) is 18.3 Å². The minimum atomic E-state index is -0.345. The maximum absolute atomic E-state index is 11.8. The van der Waals surface area contributed by atoms with E-state index in [-0.39, 0.29) is 17.5 Å². The number of nitrogens with zero attached hydrogens (tertiary/aromatic N) is 1. The van der Waals surface area contributed by atoms with E-state index in [0.717, 1.165) is 0 Å². The van der Waals surface area contributed by atoms with Gasteiger partial charge in [-0.2, -0.15) is 0 Å². The average Bonchev–Trinajstić information content (AvgIpc) is 2.19. The fraction of sp³-hybridized carbons (Fsp3) is 0.500. The van der Waals surface area contributed by atoms with Gasteiger partial charge in [0.2, 0.25) is 5.91 Å². The Labute approximate surface area is 107 Å². The molecule has 1 amide bonds. The third-order valence-electron chi connectivity index (χ3n) is 1.98. The molecule has 1 atom stereocenters. The van der Waals surface area contributed by atoms with E-state index in [1.807, 2.05) is 20.8 Å². The molecule has 0 aliphatic carbocycles. The first-order chi connectivity index (χ1) is 7.78. The standard InChI is InChI=1S/C12H18ClN3O/c1-8(11(17)16-12(2,3)4)15-10-6-5-9(13)7-14-10/h5-8H,1-4H3,(H,14,15)(H,16,17). The summed E-state index contributed by atoms with van der Waals surface area (Å²) in [6.45, 7) is 7.62. The fourth-order valence-electron chi connectivity index (χ4n) is 1.23. The molecule has 1 aromatic rings. The summed E-state index contributed by atoms with van der Waals surface area (Å²) in [5.41, 5.74) is -0.236. The first kappa shape index (κ1) is 13.8. The van der Waals surface area contributed by atoms with Gasteiger partial charge in [0.05, 0.1) is 5.02 Å². The number of halogens is 1. The number of carbonyl (C=O) groups excluding carboxylic acids is 1. The van der Waals surface area contributed by atoms with Crippen LogP contribution in [0.3, 0.4) is 0 Å². The normalized spacial score (nSPS) is 13.0. The van der Waals surface area contributed by atoms with Gasteiger partial charge in [-0.15, -0.1) is 0 Å². The van der Waals surface area contributed by atoms with E-state index in [1.54, 1.807) is 19.1 Å². The summed E-state index contributed by atoms with van der Waals surface area (Å²) in [5.74, 6) is 0.570. The Morgan fingerprint density at radius 3 is 2.53 bits per heavy atom. The summed E-state index contributed by atoms with van der Waals surface area (Å²) >= 11 is 5.73. The van der Waals surface area contributed by atoms with Crippen molar-refractivity contribution >= 4 is 23.3 Å². The molecular formula is C12H18ClN3O. The van der Waals surface area contributed by atoms with Crippen LogP contribution in [-0.2, 0) is 4.79 Å². The number of amides is 1. The Morgan fingerprint density at radius 2 is 2.06 bits per heavy atom. The fourth-order valence-corrected chi connectivity index (χ4v) is 1.34. The third-order valence-corrected chi connectivity index (χ3v) is 2.21. The van der Waals surface area contributed by atoms with Gasteiger partial charge in [0.25, 0.3) is 0 Å². The maximum Gasteiger partial charge on any atom is 0.242 e. The van der Waals surface area contributed by atoms with Gasteiger partial charge in [0.15, 0.2) is 0 Å². The summed E-state index contributed by atoms with van der Waals surface area (Å²) < 4.78 is 0. The highest BCUT2D eigenvalue weighted by molar-refractivity contribution is 6.30. The van der Waals surface area contributed by atoms with Crippen LogP contribution in [0.25, 0.3) is 0 Å². The first-order valence-corrected chi connectivity index (χ1v) is 5.86. The van der Waals surface area contributed by atoms with E-state index in [0.29, 0.717) is 10.8 Å². The zero-order valence-electron chi connectivity index (χ0n) is 10.5. The van der Waals surface area contributed by atoms with Crippen LogP contribution in [0, 0.1) is 0 Å². The Kier molecular flexibility index (Phi) is 4.34. The summed E-state index contributed by atoms with van der Waals surface area (Å²) in [6, 6.07) is 3.12. The van der Waals surface area contributed by atoms with Crippen molar-refractivity contribution in [3.05, 3.63) is 23.4 Å². The van der Waals surface area contributed by atoms with Gasteiger partial charge in [0, 0.05) is 11.7 Å². The van der Waals surface area contributed by atoms with Crippen molar-refractivity contribution in [1.82, 2.24) is 10.3 Å². The van der Waals surface area contributed by atoms with Crippen molar-refractivity contribution in [3.63, 3.8) is 0 Å². The third kappa shape index (κ3) is 5.04. The second-order valence-electron chi connectivity index (χ2n) is 4.97. The molecule has 1 rings (SSSR count). The summed E-state index contributed by atoms with van der Waals surface area (Å²) in [5, 5.41) is 6.48. The zero-order chi connectivity index (χ0) is 13.1. The number of pyridine rings is 1. The quantitative estimate of drug-likeness (QED) is 0.872. The number of nitrogens with one attached hydrogen (secondary N) is 2. The van der Waals surface area contributed by atoms with E-state index in [4.69, 9.17) is 11.6 Å². The Bertz CT molecular complexity index is 384. The summed E-state index contributed by atoms with van der Waals surface area (Å²) in [6.07, 6.45) is 1.54. The van der Waals surface area contributed by atoms with Crippen LogP contribution in [0.2, 0.25) is 5.02 Å². The lowest BCUT2D eigenvalue weighted by Crippen LogP contribution is -2.47. The van der Waals surface area contributed by atoms with Gasteiger partial charge >= 0.3 is 0 Å². The summed E-state index contributed by atoms with van der Waals surface area (Å²) in [4.78, 5) is 15.9. The second-order valence-corrected chi connectivity index (χ2v) is 5.40. The van der Waals surface area contributed by atoms with Gasteiger partial charge in [0.1, 0.15) is 11.9 Å². The van der Waals surface area contributed by atoms with Crippen LogP contribution < -0.4 is 10.6 Å². The highest BCUT2D eigenvalue weighted by Gasteiger charge is 2.19. The van der Waals surface area contributed by atoms with Crippen LogP contribution in [0.5, 0.6) is 0 Å². The Balaban J connectivity index is 2.57. The van der Waals surface area contributed by atoms with Crippen LogP contribution in [0.4, 0.5) is 5.82 Å². The van der Waals surface area contributed by atoms with Gasteiger partial charge in [-0.05, 0) is 39.8 Å². The predicted molar refractivity (Wildman–Crippen MR) is 70.2 cm³/mol. The molecule has 0 aliphatic rings. The van der Waals surface area contributed by atoms with Gasteiger partial charge in [-0.1, -0.05) is 11.6 Å². The minimum Gasteiger partial charge on any atom is -0.359 e. The molecule has 4 nitrogen and oxygen atoms in total.